The molecule has 0 bridgehead atoms. The molecule has 1 aromatic rings. The number of ether oxygens (including phenoxy) is 1. The average Bonchev–Trinajstić information content (AvgIpc) is 2.13. The Morgan fingerprint density at radius 3 is 2.33 bits per heavy atom. The van der Waals surface area contributed by atoms with E-state index in [9.17, 15) is 5.11 Å². The van der Waals surface area contributed by atoms with Crippen LogP contribution in [0.5, 0.6) is 6.01 Å². The zero-order valence-electron chi connectivity index (χ0n) is 11.2. The molecule has 0 radical (unpaired) electrons. The molecule has 0 saturated carbocycles. The molecule has 6 nitrogen and oxygen atoms in total. The maximum absolute atomic E-state index is 9.63. The fourth-order valence-corrected chi connectivity index (χ4v) is 1.20. The Balaban J connectivity index is 2.93. The van der Waals surface area contributed by atoms with E-state index >= 15 is 0 Å². The largest absolute Gasteiger partial charge is 0.461 e. The van der Waals surface area contributed by atoms with Crippen LogP contribution in [0, 0.1) is 0 Å². The summed E-state index contributed by atoms with van der Waals surface area (Å²) in [4.78, 5) is 11.9. The minimum atomic E-state index is -0.584. The Bertz CT molecular complexity index is 410. The third-order valence-electron chi connectivity index (χ3n) is 2.41. The summed E-state index contributed by atoms with van der Waals surface area (Å²) in [5, 5.41) is 12.7. The van der Waals surface area contributed by atoms with Crippen LogP contribution in [0.1, 0.15) is 34.6 Å². The van der Waals surface area contributed by atoms with Gasteiger partial charge in [0.05, 0.1) is 17.7 Å². The van der Waals surface area contributed by atoms with Gasteiger partial charge in [0.1, 0.15) is 0 Å². The Hall–Kier alpha value is -1.14. The first-order valence-electron chi connectivity index (χ1n) is 5.75. The first kappa shape index (κ1) is 14.9. The van der Waals surface area contributed by atoms with Gasteiger partial charge in [0, 0.05) is 0 Å². The van der Waals surface area contributed by atoms with E-state index in [0.29, 0.717) is 0 Å². The van der Waals surface area contributed by atoms with Crippen molar-refractivity contribution in [1.29, 1.82) is 0 Å². The summed E-state index contributed by atoms with van der Waals surface area (Å²) < 4.78 is 5.36. The van der Waals surface area contributed by atoms with Gasteiger partial charge in [0.25, 0.3) is 0 Å². The van der Waals surface area contributed by atoms with E-state index in [0.717, 1.165) is 0 Å². The summed E-state index contributed by atoms with van der Waals surface area (Å²) in [6.07, 6.45) is -0.636. The molecule has 0 saturated heterocycles. The Morgan fingerprint density at radius 1 is 1.22 bits per heavy atom. The zero-order chi connectivity index (χ0) is 13.9. The van der Waals surface area contributed by atoms with Crippen LogP contribution in [-0.2, 0) is 0 Å². The lowest BCUT2D eigenvalue weighted by Crippen LogP contribution is -2.42. The number of hydrogen-bond acceptors (Lipinski definition) is 6. The van der Waals surface area contributed by atoms with Crippen LogP contribution in [-0.4, -0.2) is 37.8 Å². The predicted octanol–water partition coefficient (Wildman–Crippen LogP) is 1.88. The van der Waals surface area contributed by atoms with Gasteiger partial charge in [-0.05, 0) is 46.2 Å². The van der Waals surface area contributed by atoms with Crippen LogP contribution in [0.15, 0.2) is 0 Å². The van der Waals surface area contributed by atoms with Gasteiger partial charge in [0.15, 0.2) is 0 Å². The summed E-state index contributed by atoms with van der Waals surface area (Å²) in [5.74, 6) is 0.275. The maximum atomic E-state index is 9.63. The standard InChI is InChI=1S/C11H19ClN4O2/c1-6(2)18-10-14-8(12)13-9(15-10)16-11(4,5)7(3)17/h6-7,17H,1-5H3,(H,13,14,15,16). The molecule has 18 heavy (non-hydrogen) atoms. The molecule has 0 aliphatic heterocycles. The van der Waals surface area contributed by atoms with Crippen LogP contribution < -0.4 is 10.1 Å². The molecule has 1 aromatic heterocycles. The van der Waals surface area contributed by atoms with E-state index in [1.807, 2.05) is 27.7 Å². The normalized spacial score (nSPS) is 13.6. The molecule has 1 rings (SSSR count). The summed E-state index contributed by atoms with van der Waals surface area (Å²) in [6.45, 7) is 9.08. The van der Waals surface area contributed by atoms with E-state index in [1.165, 1.54) is 0 Å². The summed E-state index contributed by atoms with van der Waals surface area (Å²) in [7, 11) is 0. The third-order valence-corrected chi connectivity index (χ3v) is 2.58. The number of anilines is 1. The lowest BCUT2D eigenvalue weighted by molar-refractivity contribution is 0.132. The molecule has 1 atom stereocenters. The van der Waals surface area contributed by atoms with E-state index in [2.05, 4.69) is 20.3 Å². The lowest BCUT2D eigenvalue weighted by atomic mass is 9.99. The molecule has 0 fully saturated rings. The Kier molecular flexibility index (Phi) is 4.70. The molecule has 0 spiro atoms. The second kappa shape index (κ2) is 5.67. The molecule has 2 N–H and O–H groups in total. The van der Waals surface area contributed by atoms with Crippen molar-refractivity contribution >= 4 is 17.5 Å². The highest BCUT2D eigenvalue weighted by molar-refractivity contribution is 6.28. The molecule has 1 unspecified atom stereocenters. The minimum Gasteiger partial charge on any atom is -0.461 e. The van der Waals surface area contributed by atoms with Crippen LogP contribution in [0.4, 0.5) is 5.95 Å². The fourth-order valence-electron chi connectivity index (χ4n) is 1.04. The van der Waals surface area contributed by atoms with Gasteiger partial charge in [-0.25, -0.2) is 0 Å². The monoisotopic (exact) mass is 274 g/mol. The molecular weight excluding hydrogens is 256 g/mol. The maximum Gasteiger partial charge on any atom is 0.322 e. The van der Waals surface area contributed by atoms with Crippen molar-refractivity contribution in [3.05, 3.63) is 5.28 Å². The highest BCUT2D eigenvalue weighted by Gasteiger charge is 2.25. The summed E-state index contributed by atoms with van der Waals surface area (Å²) in [5.41, 5.74) is -0.584. The highest BCUT2D eigenvalue weighted by atomic mass is 35.5. The lowest BCUT2D eigenvalue weighted by Gasteiger charge is -2.29. The predicted molar refractivity (Wildman–Crippen MR) is 70.0 cm³/mol. The van der Waals surface area contributed by atoms with Gasteiger partial charge in [-0.2, -0.15) is 15.0 Å². The van der Waals surface area contributed by atoms with Crippen molar-refractivity contribution in [3.63, 3.8) is 0 Å². The van der Waals surface area contributed by atoms with Crippen molar-refractivity contribution in [1.82, 2.24) is 15.0 Å². The summed E-state index contributed by atoms with van der Waals surface area (Å²) in [6, 6.07) is 0.161. The Labute approximate surface area is 112 Å². The van der Waals surface area contributed by atoms with Crippen LogP contribution in [0.3, 0.4) is 0 Å². The molecule has 0 aromatic carbocycles. The van der Waals surface area contributed by atoms with Crippen molar-refractivity contribution < 1.29 is 9.84 Å². The van der Waals surface area contributed by atoms with E-state index in [4.69, 9.17) is 16.3 Å². The Morgan fingerprint density at radius 2 is 1.83 bits per heavy atom. The number of rotatable bonds is 5. The van der Waals surface area contributed by atoms with Gasteiger partial charge in [-0.3, -0.25) is 0 Å². The molecule has 102 valence electrons. The van der Waals surface area contributed by atoms with Crippen LogP contribution in [0.25, 0.3) is 0 Å². The smallest absolute Gasteiger partial charge is 0.322 e. The van der Waals surface area contributed by atoms with Crippen molar-refractivity contribution in [3.8, 4) is 6.01 Å². The highest BCUT2D eigenvalue weighted by Crippen LogP contribution is 2.18. The van der Waals surface area contributed by atoms with E-state index < -0.39 is 11.6 Å². The second-order valence-corrected chi connectivity index (χ2v) is 5.24. The molecule has 0 aliphatic carbocycles. The van der Waals surface area contributed by atoms with E-state index in [-0.39, 0.29) is 23.3 Å². The number of hydrogen-bond donors (Lipinski definition) is 2. The first-order valence-corrected chi connectivity index (χ1v) is 6.13. The molecule has 0 amide bonds. The van der Waals surface area contributed by atoms with Crippen molar-refractivity contribution in [2.75, 3.05) is 5.32 Å². The van der Waals surface area contributed by atoms with Gasteiger partial charge >= 0.3 is 6.01 Å². The average molecular weight is 275 g/mol. The molecule has 1 heterocycles. The van der Waals surface area contributed by atoms with Gasteiger partial charge in [-0.1, -0.05) is 0 Å². The number of halogens is 1. The van der Waals surface area contributed by atoms with Gasteiger partial charge in [-0.15, -0.1) is 0 Å². The van der Waals surface area contributed by atoms with Crippen molar-refractivity contribution in [2.45, 2.75) is 52.4 Å². The minimum absolute atomic E-state index is 0.0459. The first-order chi connectivity index (χ1) is 8.20. The fraction of sp³-hybridized carbons (Fsp3) is 0.727. The summed E-state index contributed by atoms with van der Waals surface area (Å²) >= 11 is 5.80. The van der Waals surface area contributed by atoms with Gasteiger partial charge in [0.2, 0.25) is 11.2 Å². The second-order valence-electron chi connectivity index (χ2n) is 4.90. The number of nitrogens with one attached hydrogen (secondary N) is 1. The molecule has 7 heteroatoms. The van der Waals surface area contributed by atoms with Crippen LogP contribution in [0.2, 0.25) is 5.28 Å². The molecule has 0 aliphatic rings. The van der Waals surface area contributed by atoms with Crippen molar-refractivity contribution in [2.24, 2.45) is 0 Å². The number of nitrogens with zero attached hydrogens (tertiary/aromatic N) is 3. The molecular formula is C11H19ClN4O2. The van der Waals surface area contributed by atoms with Gasteiger partial charge < -0.3 is 15.2 Å². The SMILES string of the molecule is CC(C)Oc1nc(Cl)nc(NC(C)(C)C(C)O)n1. The third kappa shape index (κ3) is 4.27. The topological polar surface area (TPSA) is 80.2 Å². The van der Waals surface area contributed by atoms with E-state index in [1.54, 1.807) is 6.92 Å². The number of aliphatic hydroxyl groups excluding tert-OH is 1. The number of aromatic nitrogens is 3. The zero-order valence-corrected chi connectivity index (χ0v) is 12.0. The van der Waals surface area contributed by atoms with Crippen LogP contribution >= 0.6 is 11.6 Å². The number of aliphatic hydroxyl groups is 1. The quantitative estimate of drug-likeness (QED) is 0.853.